The van der Waals surface area contributed by atoms with Gasteiger partial charge in [-0.15, -0.1) is 10.2 Å². The maximum Gasteiger partial charge on any atom is 0.416 e. The van der Waals surface area contributed by atoms with E-state index in [1.54, 1.807) is 0 Å². The molecule has 0 aliphatic heterocycles. The summed E-state index contributed by atoms with van der Waals surface area (Å²) < 4.78 is 44.8. The van der Waals surface area contributed by atoms with E-state index in [1.807, 2.05) is 24.3 Å². The number of para-hydroxylation sites is 1. The first-order valence-electron chi connectivity index (χ1n) is 13.8. The average Bonchev–Trinajstić information content (AvgIpc) is 3.39. The SMILES string of the molecule is CCC/C=C(\CCNc1ccccc1-c1nnc(Nc2ccc(C(F)(F)F)cc2)s1)OCC(CC)CCCC. The van der Waals surface area contributed by atoms with Gasteiger partial charge in [0.1, 0.15) is 0 Å². The molecule has 1 unspecified atom stereocenters. The maximum absolute atomic E-state index is 12.8. The molecule has 0 saturated carbocycles. The maximum atomic E-state index is 12.8. The van der Waals surface area contributed by atoms with E-state index in [-0.39, 0.29) is 0 Å². The van der Waals surface area contributed by atoms with E-state index in [0.717, 1.165) is 61.4 Å². The highest BCUT2D eigenvalue weighted by atomic mass is 32.1. The van der Waals surface area contributed by atoms with Gasteiger partial charge in [-0.2, -0.15) is 13.2 Å². The van der Waals surface area contributed by atoms with E-state index in [9.17, 15) is 13.2 Å². The van der Waals surface area contributed by atoms with Gasteiger partial charge in [0, 0.05) is 29.9 Å². The van der Waals surface area contributed by atoms with E-state index >= 15 is 0 Å². The number of rotatable bonds is 16. The van der Waals surface area contributed by atoms with Crippen LogP contribution >= 0.6 is 11.3 Å². The number of alkyl halides is 3. The summed E-state index contributed by atoms with van der Waals surface area (Å²) in [4.78, 5) is 0. The standard InChI is InChI=1S/C30H39F3N4OS/c1-4-7-11-22(6-3)21-38-25(12-8-5-2)19-20-34-27-14-10-9-13-26(27)28-36-37-29(39-28)35-24-17-15-23(16-18-24)30(31,32)33/h9-10,12-18,22,34H,4-8,11,19-21H2,1-3H3,(H,35,37)/b25-12+. The number of unbranched alkanes of at least 4 members (excludes halogenated alkanes) is 2. The lowest BCUT2D eigenvalue weighted by Crippen LogP contribution is -2.11. The van der Waals surface area contributed by atoms with Crippen molar-refractivity contribution in [1.82, 2.24) is 10.2 Å². The molecule has 2 N–H and O–H groups in total. The monoisotopic (exact) mass is 560 g/mol. The predicted molar refractivity (Wildman–Crippen MR) is 155 cm³/mol. The molecule has 0 aliphatic rings. The second-order valence-electron chi connectivity index (χ2n) is 9.52. The normalized spacial score (nSPS) is 12.8. The lowest BCUT2D eigenvalue weighted by Gasteiger charge is -2.18. The van der Waals surface area contributed by atoms with Gasteiger partial charge in [-0.25, -0.2) is 0 Å². The largest absolute Gasteiger partial charge is 0.498 e. The van der Waals surface area contributed by atoms with Gasteiger partial charge in [-0.1, -0.05) is 69.9 Å². The first-order valence-corrected chi connectivity index (χ1v) is 14.6. The van der Waals surface area contributed by atoms with Crippen LogP contribution in [0.1, 0.15) is 71.3 Å². The highest BCUT2D eigenvalue weighted by molar-refractivity contribution is 7.18. The molecule has 5 nitrogen and oxygen atoms in total. The van der Waals surface area contributed by atoms with Gasteiger partial charge in [0.25, 0.3) is 0 Å². The van der Waals surface area contributed by atoms with E-state index in [0.29, 0.717) is 28.3 Å². The van der Waals surface area contributed by atoms with Gasteiger partial charge in [0.15, 0.2) is 5.01 Å². The fourth-order valence-corrected chi connectivity index (χ4v) is 4.86. The van der Waals surface area contributed by atoms with Gasteiger partial charge in [0.2, 0.25) is 5.13 Å². The number of nitrogens with one attached hydrogen (secondary N) is 2. The summed E-state index contributed by atoms with van der Waals surface area (Å²) in [6.45, 7) is 8.11. The van der Waals surface area contributed by atoms with E-state index in [4.69, 9.17) is 4.74 Å². The summed E-state index contributed by atoms with van der Waals surface area (Å²) >= 11 is 1.34. The molecule has 3 rings (SSSR count). The van der Waals surface area contributed by atoms with Gasteiger partial charge >= 0.3 is 6.18 Å². The first-order chi connectivity index (χ1) is 18.8. The molecule has 1 heterocycles. The molecule has 0 radical (unpaired) electrons. The summed E-state index contributed by atoms with van der Waals surface area (Å²) in [5.41, 5.74) is 1.69. The zero-order valence-corrected chi connectivity index (χ0v) is 23.8. The Morgan fingerprint density at radius 2 is 1.79 bits per heavy atom. The number of allylic oxidation sites excluding steroid dienone is 1. The number of aromatic nitrogens is 2. The Bertz CT molecular complexity index is 1160. The third kappa shape index (κ3) is 9.88. The minimum absolute atomic E-state index is 0.506. The Morgan fingerprint density at radius 1 is 1.03 bits per heavy atom. The fourth-order valence-electron chi connectivity index (χ4n) is 4.05. The number of anilines is 3. The van der Waals surface area contributed by atoms with Crippen LogP contribution in [0.5, 0.6) is 0 Å². The van der Waals surface area contributed by atoms with Crippen molar-refractivity contribution in [3.8, 4) is 10.6 Å². The molecule has 1 atom stereocenters. The van der Waals surface area contributed by atoms with Crippen molar-refractivity contribution in [1.29, 1.82) is 0 Å². The zero-order chi connectivity index (χ0) is 28.1. The van der Waals surface area contributed by atoms with Crippen molar-refractivity contribution in [2.45, 2.75) is 71.9 Å². The van der Waals surface area contributed by atoms with Crippen LogP contribution < -0.4 is 10.6 Å². The number of hydrogen-bond donors (Lipinski definition) is 2. The average molecular weight is 561 g/mol. The molecule has 0 saturated heterocycles. The number of halogens is 3. The van der Waals surface area contributed by atoms with Crippen LogP contribution in [0.25, 0.3) is 10.6 Å². The fraction of sp³-hybridized carbons (Fsp3) is 0.467. The summed E-state index contributed by atoms with van der Waals surface area (Å²) in [6.07, 6.45) is 5.49. The minimum atomic E-state index is -4.36. The molecule has 0 spiro atoms. The van der Waals surface area contributed by atoms with Crippen LogP contribution in [0.3, 0.4) is 0 Å². The molecule has 0 aliphatic carbocycles. The van der Waals surface area contributed by atoms with Crippen molar-refractivity contribution in [2.75, 3.05) is 23.8 Å². The van der Waals surface area contributed by atoms with Gasteiger partial charge < -0.3 is 15.4 Å². The predicted octanol–water partition coefficient (Wildman–Crippen LogP) is 9.69. The van der Waals surface area contributed by atoms with Crippen molar-refractivity contribution in [2.24, 2.45) is 5.92 Å². The molecule has 39 heavy (non-hydrogen) atoms. The van der Waals surface area contributed by atoms with Crippen molar-refractivity contribution in [3.05, 3.63) is 65.9 Å². The summed E-state index contributed by atoms with van der Waals surface area (Å²) in [7, 11) is 0. The molecule has 9 heteroatoms. The van der Waals surface area contributed by atoms with Crippen LogP contribution in [0, 0.1) is 5.92 Å². The quantitative estimate of drug-likeness (QED) is 0.171. The summed E-state index contributed by atoms with van der Waals surface area (Å²) in [5.74, 6) is 1.63. The van der Waals surface area contributed by atoms with Crippen LogP contribution in [0.4, 0.5) is 29.7 Å². The Labute approximate surface area is 233 Å². The van der Waals surface area contributed by atoms with Crippen LogP contribution in [0.2, 0.25) is 0 Å². The van der Waals surface area contributed by atoms with Crippen LogP contribution in [-0.4, -0.2) is 23.3 Å². The number of nitrogens with zero attached hydrogens (tertiary/aromatic N) is 2. The van der Waals surface area contributed by atoms with Crippen LogP contribution in [-0.2, 0) is 10.9 Å². The molecular formula is C30H39F3N4OS. The second-order valence-corrected chi connectivity index (χ2v) is 10.5. The number of ether oxygens (including phenoxy) is 1. The van der Waals surface area contributed by atoms with Crippen molar-refractivity contribution < 1.29 is 17.9 Å². The van der Waals surface area contributed by atoms with E-state index in [2.05, 4.69) is 47.7 Å². The topological polar surface area (TPSA) is 59.1 Å². The number of benzene rings is 2. The van der Waals surface area contributed by atoms with Gasteiger partial charge in [0.05, 0.1) is 17.9 Å². The lowest BCUT2D eigenvalue weighted by molar-refractivity contribution is -0.137. The second kappa shape index (κ2) is 15.5. The first kappa shape index (κ1) is 30.5. The third-order valence-electron chi connectivity index (χ3n) is 6.44. The molecule has 0 amide bonds. The number of hydrogen-bond acceptors (Lipinski definition) is 6. The molecule has 0 fully saturated rings. The molecule has 212 valence electrons. The van der Waals surface area contributed by atoms with Crippen molar-refractivity contribution >= 4 is 27.8 Å². The highest BCUT2D eigenvalue weighted by Gasteiger charge is 2.30. The third-order valence-corrected chi connectivity index (χ3v) is 7.31. The highest BCUT2D eigenvalue weighted by Crippen LogP contribution is 2.34. The van der Waals surface area contributed by atoms with Gasteiger partial charge in [-0.3, -0.25) is 0 Å². The Balaban J connectivity index is 1.61. The van der Waals surface area contributed by atoms with Gasteiger partial charge in [-0.05, 0) is 61.2 Å². The zero-order valence-electron chi connectivity index (χ0n) is 23.0. The minimum Gasteiger partial charge on any atom is -0.498 e. The molecule has 3 aromatic rings. The molecule has 2 aromatic carbocycles. The summed E-state index contributed by atoms with van der Waals surface area (Å²) in [6, 6.07) is 12.8. The summed E-state index contributed by atoms with van der Waals surface area (Å²) in [5, 5.41) is 16.3. The van der Waals surface area contributed by atoms with E-state index < -0.39 is 11.7 Å². The Morgan fingerprint density at radius 3 is 2.49 bits per heavy atom. The van der Waals surface area contributed by atoms with Crippen LogP contribution in [0.15, 0.2) is 60.4 Å². The Hall–Kier alpha value is -3.07. The van der Waals surface area contributed by atoms with Crippen molar-refractivity contribution in [3.63, 3.8) is 0 Å². The molecular weight excluding hydrogens is 521 g/mol. The Kier molecular flexibility index (Phi) is 12.1. The lowest BCUT2D eigenvalue weighted by atomic mass is 10.0. The smallest absolute Gasteiger partial charge is 0.416 e. The molecule has 1 aromatic heterocycles. The van der Waals surface area contributed by atoms with E-state index in [1.165, 1.54) is 42.7 Å². The molecule has 0 bridgehead atoms.